The van der Waals surface area contributed by atoms with Gasteiger partial charge >= 0.3 is 11.9 Å². The SMILES string of the molecule is N[C@H](CC1CCCCC1)C(=O)C(F)(F)C(=O)O. The number of hydrogen-bond acceptors (Lipinski definition) is 3. The molecule has 4 nitrogen and oxygen atoms in total. The lowest BCUT2D eigenvalue weighted by Gasteiger charge is -2.24. The Kier molecular flexibility index (Phi) is 4.56. The van der Waals surface area contributed by atoms with Gasteiger partial charge in [-0.05, 0) is 12.3 Å². The van der Waals surface area contributed by atoms with E-state index >= 15 is 0 Å². The minimum absolute atomic E-state index is 0.154. The number of carbonyl (C=O) groups excluding carboxylic acids is 1. The fourth-order valence-electron chi connectivity index (χ4n) is 2.23. The van der Waals surface area contributed by atoms with Gasteiger partial charge in [0.15, 0.2) is 0 Å². The number of carbonyl (C=O) groups is 2. The van der Waals surface area contributed by atoms with Crippen LogP contribution in [0.15, 0.2) is 0 Å². The van der Waals surface area contributed by atoms with Crippen molar-refractivity contribution in [2.75, 3.05) is 0 Å². The van der Waals surface area contributed by atoms with Crippen molar-refractivity contribution in [2.45, 2.75) is 50.5 Å². The summed E-state index contributed by atoms with van der Waals surface area (Å²) < 4.78 is 25.8. The van der Waals surface area contributed by atoms with Crippen molar-refractivity contribution < 1.29 is 23.5 Å². The molecule has 1 rings (SSSR count). The van der Waals surface area contributed by atoms with E-state index in [2.05, 4.69) is 0 Å². The van der Waals surface area contributed by atoms with Crippen LogP contribution in [0.1, 0.15) is 38.5 Å². The lowest BCUT2D eigenvalue weighted by molar-refractivity contribution is -0.172. The maximum absolute atomic E-state index is 12.9. The molecule has 0 aliphatic heterocycles. The average molecular weight is 249 g/mol. The molecule has 0 amide bonds. The third-order valence-electron chi connectivity index (χ3n) is 3.23. The van der Waals surface area contributed by atoms with Crippen molar-refractivity contribution in [1.29, 1.82) is 0 Å². The fraction of sp³-hybridized carbons (Fsp3) is 0.818. The van der Waals surface area contributed by atoms with Crippen molar-refractivity contribution in [3.8, 4) is 0 Å². The summed E-state index contributed by atoms with van der Waals surface area (Å²) in [6.07, 6.45) is 5.05. The molecule has 0 bridgehead atoms. The molecule has 0 aromatic rings. The van der Waals surface area contributed by atoms with Gasteiger partial charge in [-0.3, -0.25) is 4.79 Å². The molecule has 0 spiro atoms. The Hall–Kier alpha value is -1.04. The van der Waals surface area contributed by atoms with Gasteiger partial charge in [-0.2, -0.15) is 8.78 Å². The van der Waals surface area contributed by atoms with Crippen LogP contribution >= 0.6 is 0 Å². The van der Waals surface area contributed by atoms with Crippen molar-refractivity contribution in [1.82, 2.24) is 0 Å². The summed E-state index contributed by atoms with van der Waals surface area (Å²) in [5.41, 5.74) is 5.38. The highest BCUT2D eigenvalue weighted by Crippen LogP contribution is 2.28. The van der Waals surface area contributed by atoms with Gasteiger partial charge in [0, 0.05) is 0 Å². The lowest BCUT2D eigenvalue weighted by atomic mass is 9.83. The normalized spacial score (nSPS) is 19.9. The third-order valence-corrected chi connectivity index (χ3v) is 3.23. The van der Waals surface area contributed by atoms with Gasteiger partial charge in [0.05, 0.1) is 6.04 Å². The molecule has 0 saturated heterocycles. The number of carboxylic acid groups (broad SMARTS) is 1. The first-order valence-corrected chi connectivity index (χ1v) is 5.76. The number of ketones is 1. The smallest absolute Gasteiger partial charge is 0.401 e. The zero-order chi connectivity index (χ0) is 13.1. The molecule has 1 aliphatic rings. The number of Topliss-reactive ketones (excluding diaryl/α,β-unsaturated/α-hetero) is 1. The zero-order valence-electron chi connectivity index (χ0n) is 9.49. The van der Waals surface area contributed by atoms with Crippen LogP contribution in [0.25, 0.3) is 0 Å². The van der Waals surface area contributed by atoms with Crippen LogP contribution < -0.4 is 5.73 Å². The number of halogens is 2. The number of nitrogens with two attached hydrogens (primary N) is 1. The van der Waals surface area contributed by atoms with E-state index < -0.39 is 23.7 Å². The van der Waals surface area contributed by atoms with Gasteiger partial charge in [0.2, 0.25) is 5.78 Å². The second-order valence-electron chi connectivity index (χ2n) is 4.59. The molecule has 0 heterocycles. The Morgan fingerprint density at radius 3 is 2.29 bits per heavy atom. The van der Waals surface area contributed by atoms with Crippen molar-refractivity contribution in [3.05, 3.63) is 0 Å². The van der Waals surface area contributed by atoms with Crippen LogP contribution in [0.2, 0.25) is 0 Å². The molecule has 0 aromatic carbocycles. The summed E-state index contributed by atoms with van der Waals surface area (Å²) in [7, 11) is 0. The Balaban J connectivity index is 2.54. The Labute approximate surface area is 98.2 Å². The van der Waals surface area contributed by atoms with Crippen LogP contribution in [-0.4, -0.2) is 28.8 Å². The highest BCUT2D eigenvalue weighted by Gasteiger charge is 2.49. The predicted molar refractivity (Wildman–Crippen MR) is 56.8 cm³/mol. The lowest BCUT2D eigenvalue weighted by Crippen LogP contribution is -2.48. The fourth-order valence-corrected chi connectivity index (χ4v) is 2.23. The molecule has 6 heteroatoms. The molecular weight excluding hydrogens is 232 g/mol. The second kappa shape index (κ2) is 5.53. The highest BCUT2D eigenvalue weighted by atomic mass is 19.3. The van der Waals surface area contributed by atoms with E-state index in [1.54, 1.807) is 0 Å². The summed E-state index contributed by atoms with van der Waals surface area (Å²) in [6, 6.07) is -1.38. The first-order chi connectivity index (χ1) is 7.85. The van der Waals surface area contributed by atoms with Crippen LogP contribution in [0.4, 0.5) is 8.78 Å². The molecule has 1 atom stereocenters. The van der Waals surface area contributed by atoms with Crippen LogP contribution in [0.5, 0.6) is 0 Å². The minimum Gasteiger partial charge on any atom is -0.476 e. The quantitative estimate of drug-likeness (QED) is 0.725. The monoisotopic (exact) mass is 249 g/mol. The van der Waals surface area contributed by atoms with E-state index in [0.29, 0.717) is 0 Å². The second-order valence-corrected chi connectivity index (χ2v) is 4.59. The van der Waals surface area contributed by atoms with Crippen LogP contribution in [0, 0.1) is 5.92 Å². The van der Waals surface area contributed by atoms with Gasteiger partial charge in [-0.15, -0.1) is 0 Å². The first-order valence-electron chi connectivity index (χ1n) is 5.76. The predicted octanol–water partition coefficient (Wildman–Crippen LogP) is 1.57. The summed E-state index contributed by atoms with van der Waals surface area (Å²) in [5.74, 6) is -8.32. The van der Waals surface area contributed by atoms with E-state index in [-0.39, 0.29) is 12.3 Å². The number of carboxylic acids is 1. The number of aliphatic carboxylic acids is 1. The number of hydrogen-bond donors (Lipinski definition) is 2. The maximum Gasteiger partial charge on any atom is 0.401 e. The molecule has 1 saturated carbocycles. The largest absolute Gasteiger partial charge is 0.476 e. The van der Waals surface area contributed by atoms with Crippen LogP contribution in [0.3, 0.4) is 0 Å². The number of alkyl halides is 2. The van der Waals surface area contributed by atoms with E-state index in [4.69, 9.17) is 10.8 Å². The molecule has 0 aromatic heterocycles. The average Bonchev–Trinajstić information content (AvgIpc) is 2.29. The van der Waals surface area contributed by atoms with Crippen molar-refractivity contribution >= 4 is 11.8 Å². The topological polar surface area (TPSA) is 80.4 Å². The van der Waals surface area contributed by atoms with Gasteiger partial charge in [-0.25, -0.2) is 4.79 Å². The Morgan fingerprint density at radius 2 is 1.82 bits per heavy atom. The maximum atomic E-state index is 12.9. The minimum atomic E-state index is -4.37. The summed E-state index contributed by atoms with van der Waals surface area (Å²) >= 11 is 0. The van der Waals surface area contributed by atoms with Gasteiger partial charge in [0.25, 0.3) is 0 Å². The summed E-state index contributed by atoms with van der Waals surface area (Å²) in [6.45, 7) is 0. The van der Waals surface area contributed by atoms with E-state index in [1.807, 2.05) is 0 Å². The van der Waals surface area contributed by atoms with E-state index in [0.717, 1.165) is 32.1 Å². The molecule has 17 heavy (non-hydrogen) atoms. The Bertz CT molecular complexity index is 301. The van der Waals surface area contributed by atoms with Gasteiger partial charge < -0.3 is 10.8 Å². The number of rotatable bonds is 5. The van der Waals surface area contributed by atoms with Gasteiger partial charge in [0.1, 0.15) is 0 Å². The molecule has 98 valence electrons. The standard InChI is InChI=1S/C11H17F2NO3/c12-11(13,10(16)17)9(15)8(14)6-7-4-2-1-3-5-7/h7-8H,1-6,14H2,(H,16,17)/t8-/m1/s1. The summed E-state index contributed by atoms with van der Waals surface area (Å²) in [5, 5.41) is 8.24. The van der Waals surface area contributed by atoms with E-state index in [9.17, 15) is 18.4 Å². The molecular formula is C11H17F2NO3. The van der Waals surface area contributed by atoms with Crippen molar-refractivity contribution in [2.24, 2.45) is 11.7 Å². The third kappa shape index (κ3) is 3.46. The molecule has 1 fully saturated rings. The molecule has 0 radical (unpaired) electrons. The Morgan fingerprint density at radius 1 is 1.29 bits per heavy atom. The van der Waals surface area contributed by atoms with Gasteiger partial charge in [-0.1, -0.05) is 32.1 Å². The summed E-state index contributed by atoms with van der Waals surface area (Å²) in [4.78, 5) is 21.5. The highest BCUT2D eigenvalue weighted by molar-refractivity contribution is 6.06. The first kappa shape index (κ1) is 14.0. The molecule has 1 aliphatic carbocycles. The molecule has 0 unspecified atom stereocenters. The zero-order valence-corrected chi connectivity index (χ0v) is 9.49. The molecule has 3 N–H and O–H groups in total. The van der Waals surface area contributed by atoms with Crippen molar-refractivity contribution in [3.63, 3.8) is 0 Å². The van der Waals surface area contributed by atoms with E-state index in [1.165, 1.54) is 0 Å². The van der Waals surface area contributed by atoms with Crippen LogP contribution in [-0.2, 0) is 9.59 Å².